The molecule has 1 atom stereocenters. The third-order valence-electron chi connectivity index (χ3n) is 3.68. The summed E-state index contributed by atoms with van der Waals surface area (Å²) in [6.07, 6.45) is -0.456. The Labute approximate surface area is 118 Å². The van der Waals surface area contributed by atoms with Crippen molar-refractivity contribution in [3.63, 3.8) is 0 Å². The second kappa shape index (κ2) is 4.37. The number of guanidine groups is 1. The Morgan fingerprint density at radius 3 is 2.90 bits per heavy atom. The number of alkyl halides is 2. The van der Waals surface area contributed by atoms with Crippen molar-refractivity contribution in [2.24, 2.45) is 10.7 Å². The molecule has 8 heteroatoms. The first-order valence-corrected chi connectivity index (χ1v) is 6.23. The van der Waals surface area contributed by atoms with Gasteiger partial charge in [-0.1, -0.05) is 0 Å². The van der Waals surface area contributed by atoms with Crippen LogP contribution in [0.15, 0.2) is 17.1 Å². The highest BCUT2D eigenvalue weighted by molar-refractivity contribution is 5.92. The lowest BCUT2D eigenvalue weighted by atomic mass is 9.97. The van der Waals surface area contributed by atoms with Crippen LogP contribution in [0.3, 0.4) is 0 Å². The van der Waals surface area contributed by atoms with Crippen LogP contribution in [0.2, 0.25) is 0 Å². The van der Waals surface area contributed by atoms with Gasteiger partial charge in [0.2, 0.25) is 0 Å². The molecule has 0 saturated carbocycles. The number of ether oxygens (including phenoxy) is 1. The Kier molecular flexibility index (Phi) is 2.86. The fourth-order valence-corrected chi connectivity index (χ4v) is 2.73. The molecule has 0 unspecified atom stereocenters. The van der Waals surface area contributed by atoms with Gasteiger partial charge in [0, 0.05) is 18.1 Å². The van der Waals surface area contributed by atoms with Crippen LogP contribution in [0.25, 0.3) is 0 Å². The van der Waals surface area contributed by atoms with Crippen molar-refractivity contribution < 1.29 is 22.7 Å². The molecule has 0 aromatic heterocycles. The number of fused-ring (bicyclic) bond motifs is 3. The van der Waals surface area contributed by atoms with E-state index in [-0.39, 0.29) is 17.2 Å². The van der Waals surface area contributed by atoms with Crippen LogP contribution in [0.1, 0.15) is 28.4 Å². The lowest BCUT2D eigenvalue weighted by molar-refractivity contribution is 0.0164. The minimum Gasteiger partial charge on any atom is -0.465 e. The summed E-state index contributed by atoms with van der Waals surface area (Å²) >= 11 is 0. The first-order chi connectivity index (χ1) is 9.82. The number of nitrogens with zero attached hydrogens (tertiary/aromatic N) is 2. The number of benzene rings is 1. The molecule has 1 aromatic carbocycles. The van der Waals surface area contributed by atoms with E-state index >= 15 is 0 Å². The predicted molar refractivity (Wildman–Crippen MR) is 68.0 cm³/mol. The number of aliphatic imine (C=N–C) groups is 1. The Morgan fingerprint density at radius 2 is 2.24 bits per heavy atom. The van der Waals surface area contributed by atoms with E-state index in [1.807, 2.05) is 0 Å². The maximum absolute atomic E-state index is 13.9. The van der Waals surface area contributed by atoms with Gasteiger partial charge < -0.3 is 15.4 Å². The van der Waals surface area contributed by atoms with Gasteiger partial charge in [-0.25, -0.2) is 23.0 Å². The van der Waals surface area contributed by atoms with E-state index < -0.39 is 36.7 Å². The number of rotatable bonds is 1. The zero-order valence-electron chi connectivity index (χ0n) is 11.1. The smallest absolute Gasteiger partial charge is 0.340 e. The number of halogens is 3. The number of methoxy groups -OCH3 is 1. The van der Waals surface area contributed by atoms with Gasteiger partial charge in [-0.3, -0.25) is 0 Å². The molecule has 0 aliphatic carbocycles. The van der Waals surface area contributed by atoms with Gasteiger partial charge in [-0.15, -0.1) is 0 Å². The molecule has 1 aromatic rings. The highest BCUT2D eigenvalue weighted by Gasteiger charge is 2.48. The minimum atomic E-state index is -2.91. The standard InChI is InChI=1S/C13H12F3N3O2/c1-21-11(20)6-2-7-9(3-8(6)14)18-12(17)19-5-13(15,16)4-10(7)19/h2-3,10H,4-5H2,1H3,(H2,17,18)/t10-/m0/s1. The normalized spacial score (nSPS) is 22.4. The molecular weight excluding hydrogens is 287 g/mol. The lowest BCUT2D eigenvalue weighted by Crippen LogP contribution is -2.40. The number of hydrogen-bond donors (Lipinski definition) is 1. The molecule has 0 amide bonds. The number of esters is 1. The predicted octanol–water partition coefficient (Wildman–Crippen LogP) is 1.95. The molecule has 2 heterocycles. The van der Waals surface area contributed by atoms with E-state index in [1.165, 1.54) is 11.0 Å². The van der Waals surface area contributed by atoms with Crippen LogP contribution < -0.4 is 5.73 Å². The average molecular weight is 299 g/mol. The summed E-state index contributed by atoms with van der Waals surface area (Å²) in [5.41, 5.74) is 5.87. The van der Waals surface area contributed by atoms with Crippen LogP contribution in [0, 0.1) is 5.82 Å². The molecule has 1 fully saturated rings. The van der Waals surface area contributed by atoms with Gasteiger partial charge in [0.05, 0.1) is 30.9 Å². The minimum absolute atomic E-state index is 0.0742. The summed E-state index contributed by atoms with van der Waals surface area (Å²) in [7, 11) is 1.12. The number of carbonyl (C=O) groups excluding carboxylic acids is 1. The average Bonchev–Trinajstić information content (AvgIpc) is 2.74. The molecule has 2 N–H and O–H groups in total. The summed E-state index contributed by atoms with van der Waals surface area (Å²) in [5.74, 6) is -4.67. The maximum Gasteiger partial charge on any atom is 0.340 e. The quantitative estimate of drug-likeness (QED) is 0.805. The van der Waals surface area contributed by atoms with Crippen LogP contribution in [0.5, 0.6) is 0 Å². The molecule has 112 valence electrons. The number of carbonyl (C=O) groups is 1. The van der Waals surface area contributed by atoms with Crippen molar-refractivity contribution in [1.29, 1.82) is 0 Å². The van der Waals surface area contributed by atoms with Crippen molar-refractivity contribution >= 4 is 17.6 Å². The monoisotopic (exact) mass is 299 g/mol. The fourth-order valence-electron chi connectivity index (χ4n) is 2.73. The Morgan fingerprint density at radius 1 is 1.52 bits per heavy atom. The first kappa shape index (κ1) is 13.7. The summed E-state index contributed by atoms with van der Waals surface area (Å²) in [6.45, 7) is -0.544. The van der Waals surface area contributed by atoms with Crippen LogP contribution in [0.4, 0.5) is 18.9 Å². The van der Waals surface area contributed by atoms with Gasteiger partial charge in [0.15, 0.2) is 5.96 Å². The maximum atomic E-state index is 13.9. The van der Waals surface area contributed by atoms with Gasteiger partial charge in [-0.05, 0) is 6.07 Å². The van der Waals surface area contributed by atoms with E-state index in [1.54, 1.807) is 0 Å². The zero-order valence-corrected chi connectivity index (χ0v) is 11.1. The largest absolute Gasteiger partial charge is 0.465 e. The topological polar surface area (TPSA) is 67.9 Å². The molecule has 5 nitrogen and oxygen atoms in total. The highest BCUT2D eigenvalue weighted by atomic mass is 19.3. The van der Waals surface area contributed by atoms with E-state index in [9.17, 15) is 18.0 Å². The SMILES string of the molecule is COC(=O)c1cc2c(cc1F)N=C(N)N1CC(F)(F)C[C@@H]21. The third-order valence-corrected chi connectivity index (χ3v) is 3.68. The Hall–Kier alpha value is -2.25. The van der Waals surface area contributed by atoms with Gasteiger partial charge in [0.1, 0.15) is 5.82 Å². The molecule has 0 radical (unpaired) electrons. The summed E-state index contributed by atoms with van der Waals surface area (Å²) < 4.78 is 45.5. The van der Waals surface area contributed by atoms with Crippen molar-refractivity contribution in [2.45, 2.75) is 18.4 Å². The Bertz CT molecular complexity index is 660. The van der Waals surface area contributed by atoms with Crippen molar-refractivity contribution in [2.75, 3.05) is 13.7 Å². The molecule has 3 rings (SSSR count). The van der Waals surface area contributed by atoms with Crippen molar-refractivity contribution in [1.82, 2.24) is 4.90 Å². The number of hydrogen-bond acceptors (Lipinski definition) is 5. The highest BCUT2D eigenvalue weighted by Crippen LogP contribution is 2.46. The van der Waals surface area contributed by atoms with Gasteiger partial charge >= 0.3 is 5.97 Å². The van der Waals surface area contributed by atoms with E-state index in [0.29, 0.717) is 5.56 Å². The Balaban J connectivity index is 2.13. The number of nitrogens with two attached hydrogens (primary N) is 1. The molecule has 0 spiro atoms. The molecule has 2 aliphatic rings. The zero-order chi connectivity index (χ0) is 15.4. The van der Waals surface area contributed by atoms with Gasteiger partial charge in [0.25, 0.3) is 5.92 Å². The molecular formula is C13H12F3N3O2. The molecule has 2 aliphatic heterocycles. The summed E-state index contributed by atoms with van der Waals surface area (Å²) in [4.78, 5) is 16.7. The summed E-state index contributed by atoms with van der Waals surface area (Å²) in [5, 5.41) is 0. The van der Waals surface area contributed by atoms with Crippen molar-refractivity contribution in [3.8, 4) is 0 Å². The van der Waals surface area contributed by atoms with E-state index in [0.717, 1.165) is 13.2 Å². The van der Waals surface area contributed by atoms with E-state index in [2.05, 4.69) is 9.73 Å². The molecule has 1 saturated heterocycles. The van der Waals surface area contributed by atoms with E-state index in [4.69, 9.17) is 5.73 Å². The van der Waals surface area contributed by atoms with Crippen LogP contribution in [-0.4, -0.2) is 36.4 Å². The fraction of sp³-hybridized carbons (Fsp3) is 0.385. The summed E-state index contributed by atoms with van der Waals surface area (Å²) in [6, 6.07) is 1.50. The second-order valence-electron chi connectivity index (χ2n) is 5.06. The van der Waals surface area contributed by atoms with Crippen LogP contribution in [-0.2, 0) is 4.74 Å². The molecule has 0 bridgehead atoms. The van der Waals surface area contributed by atoms with Crippen LogP contribution >= 0.6 is 0 Å². The van der Waals surface area contributed by atoms with Crippen molar-refractivity contribution in [3.05, 3.63) is 29.1 Å². The first-order valence-electron chi connectivity index (χ1n) is 6.23. The van der Waals surface area contributed by atoms with Gasteiger partial charge in [-0.2, -0.15) is 0 Å². The third kappa shape index (κ3) is 2.10. The molecule has 21 heavy (non-hydrogen) atoms. The lowest BCUT2D eigenvalue weighted by Gasteiger charge is -2.30. The second-order valence-corrected chi connectivity index (χ2v) is 5.06.